The normalized spacial score (nSPS) is 12.3. The van der Waals surface area contributed by atoms with Crippen LogP contribution in [-0.4, -0.2) is 30.1 Å². The smallest absolute Gasteiger partial charge is 0.0125 e. The third kappa shape index (κ3) is 9.90. The van der Waals surface area contributed by atoms with Crippen LogP contribution < -0.4 is 5.73 Å². The number of rotatable bonds is 11. The maximum atomic E-state index is 5.62. The summed E-state index contributed by atoms with van der Waals surface area (Å²) in [6.45, 7) is 12.4. The van der Waals surface area contributed by atoms with Crippen molar-refractivity contribution in [3.8, 4) is 0 Å². The fraction of sp³-hybridized carbons (Fsp3) is 1.00. The van der Waals surface area contributed by atoms with E-state index < -0.39 is 0 Å². The highest BCUT2D eigenvalue weighted by molar-refractivity contribution is 4.76. The Bertz CT molecular complexity index is 172. The Hall–Kier alpha value is -0.0800. The molecular formula is C16H36N2. The van der Waals surface area contributed by atoms with Crippen LogP contribution in [0, 0.1) is 0 Å². The van der Waals surface area contributed by atoms with Gasteiger partial charge in [0.15, 0.2) is 0 Å². The molecule has 0 aliphatic heterocycles. The Morgan fingerprint density at radius 3 is 1.78 bits per heavy atom. The van der Waals surface area contributed by atoms with Gasteiger partial charge in [-0.25, -0.2) is 0 Å². The fourth-order valence-corrected chi connectivity index (χ4v) is 2.32. The maximum Gasteiger partial charge on any atom is 0.0125 e. The second kappa shape index (κ2) is 10.8. The van der Waals surface area contributed by atoms with Crippen LogP contribution in [0.4, 0.5) is 0 Å². The van der Waals surface area contributed by atoms with Crippen molar-refractivity contribution in [3.05, 3.63) is 0 Å². The predicted molar refractivity (Wildman–Crippen MR) is 83.0 cm³/mol. The number of nitrogens with zero attached hydrogens (tertiary/aromatic N) is 1. The van der Waals surface area contributed by atoms with Crippen LogP contribution in [0.5, 0.6) is 0 Å². The molecule has 2 heteroatoms. The molecule has 0 saturated heterocycles. The standard InChI is InChI=1S/C16H36N2/c1-5-6-7-8-9-10-11-14-18(15-12-13-17)16(2,3)4/h5-15,17H2,1-4H3. The van der Waals surface area contributed by atoms with Crippen LogP contribution in [0.25, 0.3) is 0 Å². The first kappa shape index (κ1) is 17.9. The highest BCUT2D eigenvalue weighted by atomic mass is 15.2. The Labute approximate surface area is 115 Å². The van der Waals surface area contributed by atoms with Crippen molar-refractivity contribution in [2.45, 2.75) is 84.6 Å². The molecular weight excluding hydrogens is 220 g/mol. The van der Waals surface area contributed by atoms with Crippen molar-refractivity contribution in [2.24, 2.45) is 5.73 Å². The number of nitrogens with two attached hydrogens (primary N) is 1. The lowest BCUT2D eigenvalue weighted by Gasteiger charge is -2.35. The van der Waals surface area contributed by atoms with Gasteiger partial charge < -0.3 is 5.73 Å². The quantitative estimate of drug-likeness (QED) is 0.562. The molecule has 0 fully saturated rings. The van der Waals surface area contributed by atoms with E-state index in [2.05, 4.69) is 32.6 Å². The SMILES string of the molecule is CCCCCCCCCN(CCCN)C(C)(C)C. The summed E-state index contributed by atoms with van der Waals surface area (Å²) in [7, 11) is 0. The average Bonchev–Trinajstić information content (AvgIpc) is 2.30. The van der Waals surface area contributed by atoms with Gasteiger partial charge in [0.05, 0.1) is 0 Å². The highest BCUT2D eigenvalue weighted by Crippen LogP contribution is 2.15. The van der Waals surface area contributed by atoms with E-state index in [4.69, 9.17) is 5.73 Å². The molecule has 0 aromatic carbocycles. The predicted octanol–water partition coefficient (Wildman–Crippen LogP) is 4.19. The first-order valence-corrected chi connectivity index (χ1v) is 7.97. The molecule has 2 N–H and O–H groups in total. The zero-order chi connectivity index (χ0) is 13.9. The molecule has 0 radical (unpaired) electrons. The number of unbranched alkanes of at least 4 members (excludes halogenated alkanes) is 6. The third-order valence-corrected chi connectivity index (χ3v) is 3.61. The van der Waals surface area contributed by atoms with Crippen molar-refractivity contribution in [1.82, 2.24) is 4.90 Å². The van der Waals surface area contributed by atoms with E-state index in [1.807, 2.05) is 0 Å². The van der Waals surface area contributed by atoms with E-state index in [1.165, 1.54) is 51.5 Å². The van der Waals surface area contributed by atoms with Gasteiger partial charge in [0.25, 0.3) is 0 Å². The summed E-state index contributed by atoms with van der Waals surface area (Å²) in [5, 5.41) is 0. The summed E-state index contributed by atoms with van der Waals surface area (Å²) in [6.07, 6.45) is 10.9. The monoisotopic (exact) mass is 256 g/mol. The van der Waals surface area contributed by atoms with Gasteiger partial charge in [0.1, 0.15) is 0 Å². The Balaban J connectivity index is 3.63. The lowest BCUT2D eigenvalue weighted by molar-refractivity contribution is 0.132. The van der Waals surface area contributed by atoms with Crippen molar-refractivity contribution in [2.75, 3.05) is 19.6 Å². The van der Waals surface area contributed by atoms with Gasteiger partial charge in [0, 0.05) is 5.54 Å². The van der Waals surface area contributed by atoms with Gasteiger partial charge in [-0.1, -0.05) is 45.4 Å². The first-order valence-electron chi connectivity index (χ1n) is 7.97. The van der Waals surface area contributed by atoms with Crippen molar-refractivity contribution in [3.63, 3.8) is 0 Å². The van der Waals surface area contributed by atoms with Gasteiger partial charge in [-0.05, 0) is 53.2 Å². The molecule has 0 rings (SSSR count). The molecule has 0 spiro atoms. The molecule has 0 heterocycles. The summed E-state index contributed by atoms with van der Waals surface area (Å²) in [5.74, 6) is 0. The molecule has 0 unspecified atom stereocenters. The van der Waals surface area contributed by atoms with Crippen LogP contribution in [0.15, 0.2) is 0 Å². The second-order valence-corrected chi connectivity index (χ2v) is 6.42. The molecule has 0 aliphatic rings. The Morgan fingerprint density at radius 1 is 0.778 bits per heavy atom. The molecule has 0 atom stereocenters. The van der Waals surface area contributed by atoms with Gasteiger partial charge in [-0.2, -0.15) is 0 Å². The summed E-state index contributed by atoms with van der Waals surface area (Å²) < 4.78 is 0. The number of hydrogen-bond donors (Lipinski definition) is 1. The lowest BCUT2D eigenvalue weighted by atomic mass is 10.0. The first-order chi connectivity index (χ1) is 8.52. The topological polar surface area (TPSA) is 29.3 Å². The average molecular weight is 256 g/mol. The molecule has 0 aliphatic carbocycles. The third-order valence-electron chi connectivity index (χ3n) is 3.61. The van der Waals surface area contributed by atoms with Gasteiger partial charge in [0.2, 0.25) is 0 Å². The molecule has 18 heavy (non-hydrogen) atoms. The van der Waals surface area contributed by atoms with E-state index in [0.29, 0.717) is 0 Å². The molecule has 0 aromatic heterocycles. The Kier molecular flexibility index (Phi) is 10.8. The van der Waals surface area contributed by atoms with Crippen LogP contribution in [-0.2, 0) is 0 Å². The maximum absolute atomic E-state index is 5.62. The summed E-state index contributed by atoms with van der Waals surface area (Å²) in [4.78, 5) is 2.59. The summed E-state index contributed by atoms with van der Waals surface area (Å²) in [5.41, 5.74) is 5.91. The molecule has 110 valence electrons. The summed E-state index contributed by atoms with van der Waals surface area (Å²) >= 11 is 0. The van der Waals surface area contributed by atoms with Crippen LogP contribution >= 0.6 is 0 Å². The molecule has 0 saturated carbocycles. The van der Waals surface area contributed by atoms with Crippen molar-refractivity contribution < 1.29 is 0 Å². The van der Waals surface area contributed by atoms with E-state index in [-0.39, 0.29) is 5.54 Å². The molecule has 0 amide bonds. The van der Waals surface area contributed by atoms with Gasteiger partial charge >= 0.3 is 0 Å². The van der Waals surface area contributed by atoms with Crippen molar-refractivity contribution >= 4 is 0 Å². The van der Waals surface area contributed by atoms with E-state index in [0.717, 1.165) is 19.5 Å². The van der Waals surface area contributed by atoms with E-state index in [1.54, 1.807) is 0 Å². The Morgan fingerprint density at radius 2 is 1.28 bits per heavy atom. The van der Waals surface area contributed by atoms with Crippen LogP contribution in [0.1, 0.15) is 79.1 Å². The van der Waals surface area contributed by atoms with E-state index in [9.17, 15) is 0 Å². The molecule has 0 bridgehead atoms. The molecule has 2 nitrogen and oxygen atoms in total. The second-order valence-electron chi connectivity index (χ2n) is 6.42. The zero-order valence-corrected chi connectivity index (χ0v) is 13.3. The molecule has 0 aromatic rings. The lowest BCUT2D eigenvalue weighted by Crippen LogP contribution is -2.43. The van der Waals surface area contributed by atoms with Gasteiger partial charge in [-0.15, -0.1) is 0 Å². The minimum absolute atomic E-state index is 0.289. The minimum Gasteiger partial charge on any atom is -0.330 e. The van der Waals surface area contributed by atoms with Crippen LogP contribution in [0.3, 0.4) is 0 Å². The number of hydrogen-bond acceptors (Lipinski definition) is 2. The van der Waals surface area contributed by atoms with Crippen molar-refractivity contribution in [1.29, 1.82) is 0 Å². The van der Waals surface area contributed by atoms with Crippen LogP contribution in [0.2, 0.25) is 0 Å². The zero-order valence-electron chi connectivity index (χ0n) is 13.3. The summed E-state index contributed by atoms with van der Waals surface area (Å²) in [6, 6.07) is 0. The van der Waals surface area contributed by atoms with E-state index >= 15 is 0 Å². The highest BCUT2D eigenvalue weighted by Gasteiger charge is 2.19. The van der Waals surface area contributed by atoms with Gasteiger partial charge in [-0.3, -0.25) is 4.90 Å². The fourth-order valence-electron chi connectivity index (χ4n) is 2.32. The largest absolute Gasteiger partial charge is 0.330 e. The minimum atomic E-state index is 0.289.